The van der Waals surface area contributed by atoms with E-state index in [0.29, 0.717) is 5.56 Å². The predicted molar refractivity (Wildman–Crippen MR) is 87.5 cm³/mol. The molecule has 3 aromatic rings. The van der Waals surface area contributed by atoms with Crippen LogP contribution < -0.4 is 10.7 Å². The second-order valence-electron chi connectivity index (χ2n) is 5.94. The number of halogens is 1. The number of benzene rings is 1. The van der Waals surface area contributed by atoms with Crippen LogP contribution in [0.1, 0.15) is 29.6 Å². The van der Waals surface area contributed by atoms with E-state index in [1.807, 2.05) is 4.68 Å². The minimum atomic E-state index is -0.523. The van der Waals surface area contributed by atoms with Crippen molar-refractivity contribution in [1.82, 2.24) is 9.66 Å². The summed E-state index contributed by atoms with van der Waals surface area (Å²) in [5, 5.41) is 3.71. The van der Waals surface area contributed by atoms with Crippen LogP contribution in [0.2, 0.25) is 0 Å². The van der Waals surface area contributed by atoms with Crippen LogP contribution >= 0.6 is 0 Å². The third kappa shape index (κ3) is 2.13. The fourth-order valence-electron chi connectivity index (χ4n) is 3.46. The van der Waals surface area contributed by atoms with Crippen molar-refractivity contribution in [1.29, 1.82) is 0 Å². The van der Waals surface area contributed by atoms with Crippen LogP contribution in [-0.2, 0) is 0 Å². The minimum absolute atomic E-state index is 0.306. The van der Waals surface area contributed by atoms with Gasteiger partial charge >= 0.3 is 0 Å². The highest BCUT2D eigenvalue weighted by Crippen LogP contribution is 2.32. The molecule has 0 saturated carbocycles. The monoisotopic (exact) mass is 312 g/mol. The highest BCUT2D eigenvalue weighted by molar-refractivity contribution is 6.15. The van der Waals surface area contributed by atoms with E-state index in [9.17, 15) is 9.18 Å². The fourth-order valence-corrected chi connectivity index (χ4v) is 3.46. The predicted octanol–water partition coefficient (Wildman–Crippen LogP) is 2.55. The first-order valence-corrected chi connectivity index (χ1v) is 7.79. The molecule has 3 heterocycles. The molecule has 0 aliphatic carbocycles. The van der Waals surface area contributed by atoms with Gasteiger partial charge in [-0.3, -0.25) is 14.5 Å². The van der Waals surface area contributed by atoms with E-state index < -0.39 is 5.91 Å². The van der Waals surface area contributed by atoms with Crippen LogP contribution in [-0.4, -0.2) is 28.7 Å². The number of carbonyl (C=O) groups is 1. The Hall–Kier alpha value is -2.63. The van der Waals surface area contributed by atoms with Crippen LogP contribution in [0.25, 0.3) is 21.8 Å². The molecule has 2 N–H and O–H groups in total. The number of hydrogen-bond donors (Lipinski definition) is 1. The molecular weight excluding hydrogens is 295 g/mol. The fraction of sp³-hybridized carbons (Fsp3) is 0.294. The van der Waals surface area contributed by atoms with Gasteiger partial charge in [0.15, 0.2) is 0 Å². The average Bonchev–Trinajstić information content (AvgIpc) is 2.89. The maximum atomic E-state index is 13.7. The first-order valence-electron chi connectivity index (χ1n) is 7.79. The SMILES string of the molecule is NC(=O)c1cncc2c3cc(F)ccc3n(N3CCCCC3)c12. The molecule has 0 unspecified atom stereocenters. The van der Waals surface area contributed by atoms with E-state index in [1.54, 1.807) is 12.3 Å². The third-order valence-electron chi connectivity index (χ3n) is 4.49. The van der Waals surface area contributed by atoms with E-state index in [2.05, 4.69) is 9.99 Å². The molecule has 23 heavy (non-hydrogen) atoms. The molecule has 1 saturated heterocycles. The zero-order valence-electron chi connectivity index (χ0n) is 12.6. The number of nitrogens with two attached hydrogens (primary N) is 1. The van der Waals surface area contributed by atoms with Gasteiger partial charge in [0, 0.05) is 36.3 Å². The van der Waals surface area contributed by atoms with Crippen molar-refractivity contribution < 1.29 is 9.18 Å². The summed E-state index contributed by atoms with van der Waals surface area (Å²) < 4.78 is 15.8. The Kier molecular flexibility index (Phi) is 3.18. The molecule has 1 aromatic carbocycles. The van der Waals surface area contributed by atoms with Crippen LogP contribution in [0.5, 0.6) is 0 Å². The number of fused-ring (bicyclic) bond motifs is 3. The van der Waals surface area contributed by atoms with Crippen molar-refractivity contribution >= 4 is 27.7 Å². The highest BCUT2D eigenvalue weighted by Gasteiger charge is 2.22. The summed E-state index contributed by atoms with van der Waals surface area (Å²) in [6.45, 7) is 1.80. The van der Waals surface area contributed by atoms with Gasteiger partial charge in [0.05, 0.1) is 16.6 Å². The number of pyridine rings is 1. The van der Waals surface area contributed by atoms with Crippen LogP contribution in [0.3, 0.4) is 0 Å². The van der Waals surface area contributed by atoms with E-state index >= 15 is 0 Å². The van der Waals surface area contributed by atoms with Crippen molar-refractivity contribution in [3.63, 3.8) is 0 Å². The van der Waals surface area contributed by atoms with Crippen molar-refractivity contribution in [3.05, 3.63) is 42.0 Å². The maximum Gasteiger partial charge on any atom is 0.252 e. The van der Waals surface area contributed by atoms with Gasteiger partial charge in [-0.15, -0.1) is 0 Å². The van der Waals surface area contributed by atoms with Gasteiger partial charge in [0.2, 0.25) is 0 Å². The molecule has 1 aliphatic rings. The second-order valence-corrected chi connectivity index (χ2v) is 5.94. The Labute approximate surface area is 132 Å². The summed E-state index contributed by atoms with van der Waals surface area (Å²) in [7, 11) is 0. The van der Waals surface area contributed by atoms with Crippen molar-refractivity contribution in [2.45, 2.75) is 19.3 Å². The largest absolute Gasteiger partial charge is 0.365 e. The van der Waals surface area contributed by atoms with E-state index in [-0.39, 0.29) is 5.82 Å². The molecule has 0 atom stereocenters. The smallest absolute Gasteiger partial charge is 0.252 e. The topological polar surface area (TPSA) is 64.2 Å². The molecule has 1 aliphatic heterocycles. The van der Waals surface area contributed by atoms with Gasteiger partial charge < -0.3 is 10.7 Å². The van der Waals surface area contributed by atoms with E-state index in [1.165, 1.54) is 24.8 Å². The van der Waals surface area contributed by atoms with Crippen LogP contribution in [0.4, 0.5) is 4.39 Å². The summed E-state index contributed by atoms with van der Waals surface area (Å²) in [6.07, 6.45) is 6.55. The average molecular weight is 312 g/mol. The Bertz CT molecular complexity index is 912. The summed E-state index contributed by atoms with van der Waals surface area (Å²) >= 11 is 0. The number of nitrogens with zero attached hydrogens (tertiary/aromatic N) is 3. The van der Waals surface area contributed by atoms with Crippen LogP contribution in [0.15, 0.2) is 30.6 Å². The van der Waals surface area contributed by atoms with Crippen molar-refractivity contribution in [2.24, 2.45) is 5.73 Å². The van der Waals surface area contributed by atoms with Gasteiger partial charge in [-0.25, -0.2) is 4.39 Å². The Balaban J connectivity index is 2.12. The standard InChI is InChI=1S/C17H17FN4O/c18-11-4-5-15-12(8-11)13-9-20-10-14(17(19)23)16(13)22(15)21-6-2-1-3-7-21/h4-5,8-10H,1-3,6-7H2,(H2,19,23). The zero-order chi connectivity index (χ0) is 16.0. The lowest BCUT2D eigenvalue weighted by molar-refractivity contribution is 0.100. The molecule has 4 rings (SSSR count). The van der Waals surface area contributed by atoms with Crippen LogP contribution in [0, 0.1) is 5.82 Å². The molecule has 2 aromatic heterocycles. The normalized spacial score (nSPS) is 15.4. The van der Waals surface area contributed by atoms with Gasteiger partial charge in [0.25, 0.3) is 5.91 Å². The lowest BCUT2D eigenvalue weighted by atomic mass is 10.1. The zero-order valence-corrected chi connectivity index (χ0v) is 12.6. The molecule has 118 valence electrons. The Morgan fingerprint density at radius 3 is 2.65 bits per heavy atom. The summed E-state index contributed by atoms with van der Waals surface area (Å²) in [6, 6.07) is 4.69. The Morgan fingerprint density at radius 2 is 1.91 bits per heavy atom. The Morgan fingerprint density at radius 1 is 1.13 bits per heavy atom. The lowest BCUT2D eigenvalue weighted by Crippen LogP contribution is -2.39. The number of carbonyl (C=O) groups excluding carboxylic acids is 1. The summed E-state index contributed by atoms with van der Waals surface area (Å²) in [5.41, 5.74) is 7.50. The summed E-state index contributed by atoms with van der Waals surface area (Å²) in [5.74, 6) is -0.829. The molecule has 0 radical (unpaired) electrons. The number of primary amides is 1. The summed E-state index contributed by atoms with van der Waals surface area (Å²) in [4.78, 5) is 16.0. The lowest BCUT2D eigenvalue weighted by Gasteiger charge is -2.31. The molecule has 1 amide bonds. The van der Waals surface area contributed by atoms with Gasteiger partial charge in [0.1, 0.15) is 5.82 Å². The quantitative estimate of drug-likeness (QED) is 0.791. The molecule has 0 spiro atoms. The maximum absolute atomic E-state index is 13.7. The first kappa shape index (κ1) is 14.0. The van der Waals surface area contributed by atoms with Gasteiger partial charge in [-0.05, 0) is 37.5 Å². The second kappa shape index (κ2) is 5.22. The van der Waals surface area contributed by atoms with E-state index in [0.717, 1.165) is 47.7 Å². The number of aromatic nitrogens is 2. The van der Waals surface area contributed by atoms with Gasteiger partial charge in [-0.1, -0.05) is 0 Å². The molecule has 6 heteroatoms. The molecule has 5 nitrogen and oxygen atoms in total. The van der Waals surface area contributed by atoms with E-state index in [4.69, 9.17) is 5.73 Å². The number of rotatable bonds is 2. The molecular formula is C17H17FN4O. The number of amides is 1. The first-order chi connectivity index (χ1) is 11.2. The van der Waals surface area contributed by atoms with Crippen molar-refractivity contribution in [3.8, 4) is 0 Å². The van der Waals surface area contributed by atoms with Gasteiger partial charge in [-0.2, -0.15) is 0 Å². The number of hydrogen-bond acceptors (Lipinski definition) is 3. The molecule has 1 fully saturated rings. The van der Waals surface area contributed by atoms with Crippen molar-refractivity contribution in [2.75, 3.05) is 18.1 Å². The highest BCUT2D eigenvalue weighted by atomic mass is 19.1. The number of piperidine rings is 1. The minimum Gasteiger partial charge on any atom is -0.365 e. The molecule has 0 bridgehead atoms. The third-order valence-corrected chi connectivity index (χ3v) is 4.49.